The number of amides is 1. The topological polar surface area (TPSA) is 59.9 Å². The van der Waals surface area contributed by atoms with E-state index >= 15 is 0 Å². The van der Waals surface area contributed by atoms with Crippen LogP contribution in [0, 0.1) is 5.82 Å². The summed E-state index contributed by atoms with van der Waals surface area (Å²) < 4.78 is 24.6. The van der Waals surface area contributed by atoms with Gasteiger partial charge in [0.25, 0.3) is 5.91 Å². The molecule has 0 heterocycles. The molecular formula is C26H20ClFN2O3. The van der Waals surface area contributed by atoms with Gasteiger partial charge < -0.3 is 9.47 Å². The Hall–Kier alpha value is -3.90. The summed E-state index contributed by atoms with van der Waals surface area (Å²) in [6.45, 7) is 0.0726. The lowest BCUT2D eigenvalue weighted by Gasteiger charge is -2.12. The van der Waals surface area contributed by atoms with Crippen molar-refractivity contribution in [1.29, 1.82) is 0 Å². The van der Waals surface area contributed by atoms with Gasteiger partial charge in [0.2, 0.25) is 0 Å². The molecule has 0 spiro atoms. The Morgan fingerprint density at radius 1 is 0.939 bits per heavy atom. The molecule has 4 rings (SSSR count). The molecule has 0 aromatic heterocycles. The standard InChI is InChI=1S/C26H20ClFN2O3/c27-20-8-12-22(13-9-20)32-17-26(31)30-29-15-24-23-4-2-1-3-19(23)7-14-25(24)33-16-18-5-10-21(28)11-6-18/h1-15H,16-17H2,(H,30,31)/b29-15-. The summed E-state index contributed by atoms with van der Waals surface area (Å²) in [4.78, 5) is 12.1. The summed E-state index contributed by atoms with van der Waals surface area (Å²) in [6, 6.07) is 24.4. The summed E-state index contributed by atoms with van der Waals surface area (Å²) in [7, 11) is 0. The van der Waals surface area contributed by atoms with Gasteiger partial charge >= 0.3 is 0 Å². The molecule has 1 N–H and O–H groups in total. The van der Waals surface area contributed by atoms with E-state index in [1.165, 1.54) is 12.1 Å². The van der Waals surface area contributed by atoms with Gasteiger partial charge in [-0.1, -0.05) is 54.1 Å². The first-order chi connectivity index (χ1) is 16.1. The largest absolute Gasteiger partial charge is 0.488 e. The highest BCUT2D eigenvalue weighted by Crippen LogP contribution is 2.27. The Balaban J connectivity index is 1.45. The molecule has 0 aliphatic heterocycles. The van der Waals surface area contributed by atoms with E-state index in [2.05, 4.69) is 10.5 Å². The summed E-state index contributed by atoms with van der Waals surface area (Å²) >= 11 is 5.84. The SMILES string of the molecule is O=C(COc1ccc(Cl)cc1)N/N=C\c1c(OCc2ccc(F)cc2)ccc2ccccc12. The average Bonchev–Trinajstić information content (AvgIpc) is 2.84. The molecule has 0 aliphatic carbocycles. The van der Waals surface area contributed by atoms with Crippen LogP contribution in [0.4, 0.5) is 4.39 Å². The minimum Gasteiger partial charge on any atom is -0.488 e. The number of hydrazone groups is 1. The zero-order valence-electron chi connectivity index (χ0n) is 17.5. The number of rotatable bonds is 8. The summed E-state index contributed by atoms with van der Waals surface area (Å²) in [5.74, 6) is 0.417. The number of nitrogens with one attached hydrogen (secondary N) is 1. The highest BCUT2D eigenvalue weighted by Gasteiger charge is 2.09. The number of halogens is 2. The Bertz CT molecular complexity index is 1280. The second kappa shape index (κ2) is 10.6. The molecule has 4 aromatic rings. The van der Waals surface area contributed by atoms with Gasteiger partial charge in [-0.05, 0) is 58.8 Å². The van der Waals surface area contributed by atoms with Crippen molar-refractivity contribution < 1.29 is 18.7 Å². The number of hydrogen-bond acceptors (Lipinski definition) is 4. The molecule has 0 saturated carbocycles. The Kier molecular flexibility index (Phi) is 7.17. The van der Waals surface area contributed by atoms with Gasteiger partial charge in [0.1, 0.15) is 23.9 Å². The van der Waals surface area contributed by atoms with Gasteiger partial charge in [0.15, 0.2) is 6.61 Å². The predicted molar refractivity (Wildman–Crippen MR) is 127 cm³/mol. The summed E-state index contributed by atoms with van der Waals surface area (Å²) in [5, 5.41) is 6.60. The molecule has 0 bridgehead atoms. The number of hydrogen-bond donors (Lipinski definition) is 1. The van der Waals surface area contributed by atoms with Crippen molar-refractivity contribution in [2.24, 2.45) is 5.10 Å². The van der Waals surface area contributed by atoms with E-state index in [-0.39, 0.29) is 19.0 Å². The van der Waals surface area contributed by atoms with Crippen molar-refractivity contribution in [3.63, 3.8) is 0 Å². The van der Waals surface area contributed by atoms with E-state index in [1.54, 1.807) is 42.6 Å². The highest BCUT2D eigenvalue weighted by molar-refractivity contribution is 6.30. The van der Waals surface area contributed by atoms with E-state index in [0.29, 0.717) is 22.1 Å². The fourth-order valence-corrected chi connectivity index (χ4v) is 3.28. The zero-order valence-corrected chi connectivity index (χ0v) is 18.3. The van der Waals surface area contributed by atoms with Crippen LogP contribution in [0.2, 0.25) is 5.02 Å². The molecule has 4 aromatic carbocycles. The second-order valence-electron chi connectivity index (χ2n) is 7.15. The number of carbonyl (C=O) groups is 1. The molecule has 0 fully saturated rings. The van der Waals surface area contributed by atoms with Crippen LogP contribution in [0.1, 0.15) is 11.1 Å². The van der Waals surface area contributed by atoms with Gasteiger partial charge in [-0.15, -0.1) is 0 Å². The van der Waals surface area contributed by atoms with Gasteiger partial charge in [0, 0.05) is 10.6 Å². The average molecular weight is 463 g/mol. The Labute approximate surface area is 195 Å². The quantitative estimate of drug-likeness (QED) is 0.268. The predicted octanol–water partition coefficient (Wildman–Crippen LogP) is 5.74. The van der Waals surface area contributed by atoms with Crippen LogP contribution in [0.15, 0.2) is 90.0 Å². The van der Waals surface area contributed by atoms with Crippen LogP contribution in [-0.2, 0) is 11.4 Å². The third-order valence-electron chi connectivity index (χ3n) is 4.80. The molecule has 5 nitrogen and oxygen atoms in total. The van der Waals surface area contributed by atoms with Crippen molar-refractivity contribution in [3.8, 4) is 11.5 Å². The molecule has 0 saturated heterocycles. The van der Waals surface area contributed by atoms with Gasteiger partial charge in [0.05, 0.1) is 6.21 Å². The third kappa shape index (κ3) is 6.08. The molecule has 0 unspecified atom stereocenters. The Morgan fingerprint density at radius 2 is 1.70 bits per heavy atom. The smallest absolute Gasteiger partial charge is 0.277 e. The van der Waals surface area contributed by atoms with Crippen molar-refractivity contribution in [2.45, 2.75) is 6.61 Å². The molecule has 33 heavy (non-hydrogen) atoms. The molecule has 166 valence electrons. The van der Waals surface area contributed by atoms with Crippen molar-refractivity contribution >= 4 is 34.5 Å². The minimum atomic E-state index is -0.407. The van der Waals surface area contributed by atoms with Crippen molar-refractivity contribution in [2.75, 3.05) is 6.61 Å². The lowest BCUT2D eigenvalue weighted by Crippen LogP contribution is -2.24. The molecule has 7 heteroatoms. The lowest BCUT2D eigenvalue weighted by molar-refractivity contribution is -0.123. The van der Waals surface area contributed by atoms with Crippen molar-refractivity contribution in [1.82, 2.24) is 5.43 Å². The first-order valence-corrected chi connectivity index (χ1v) is 10.6. The lowest BCUT2D eigenvalue weighted by atomic mass is 10.0. The minimum absolute atomic E-state index is 0.192. The van der Waals surface area contributed by atoms with E-state index < -0.39 is 5.91 Å². The maximum absolute atomic E-state index is 13.2. The normalized spacial score (nSPS) is 11.0. The van der Waals surface area contributed by atoms with Gasteiger partial charge in [-0.25, -0.2) is 9.82 Å². The maximum Gasteiger partial charge on any atom is 0.277 e. The maximum atomic E-state index is 13.2. The molecule has 0 radical (unpaired) electrons. The molecule has 0 atom stereocenters. The number of benzene rings is 4. The zero-order chi connectivity index (χ0) is 23.0. The van der Waals surface area contributed by atoms with E-state index in [0.717, 1.165) is 16.3 Å². The number of carbonyl (C=O) groups excluding carboxylic acids is 1. The first kappa shape index (κ1) is 22.3. The molecule has 0 aliphatic rings. The monoisotopic (exact) mass is 462 g/mol. The van der Waals surface area contributed by atoms with Crippen LogP contribution >= 0.6 is 11.6 Å². The van der Waals surface area contributed by atoms with E-state index in [1.807, 2.05) is 36.4 Å². The summed E-state index contributed by atoms with van der Waals surface area (Å²) in [5.41, 5.74) is 4.02. The van der Waals surface area contributed by atoms with Crippen LogP contribution in [0.3, 0.4) is 0 Å². The number of fused-ring (bicyclic) bond motifs is 1. The first-order valence-electron chi connectivity index (χ1n) is 10.2. The van der Waals surface area contributed by atoms with Crippen molar-refractivity contribution in [3.05, 3.63) is 107 Å². The van der Waals surface area contributed by atoms with Crippen LogP contribution in [0.25, 0.3) is 10.8 Å². The number of ether oxygens (including phenoxy) is 2. The van der Waals surface area contributed by atoms with Gasteiger partial charge in [-0.3, -0.25) is 4.79 Å². The fourth-order valence-electron chi connectivity index (χ4n) is 3.16. The number of nitrogens with zero attached hydrogens (tertiary/aromatic N) is 1. The molecular weight excluding hydrogens is 443 g/mol. The summed E-state index contributed by atoms with van der Waals surface area (Å²) in [6.07, 6.45) is 1.54. The third-order valence-corrected chi connectivity index (χ3v) is 5.06. The molecule has 1 amide bonds. The highest BCUT2D eigenvalue weighted by atomic mass is 35.5. The van der Waals surface area contributed by atoms with Crippen LogP contribution in [-0.4, -0.2) is 18.7 Å². The fraction of sp³-hybridized carbons (Fsp3) is 0.0769. The van der Waals surface area contributed by atoms with E-state index in [4.69, 9.17) is 21.1 Å². The van der Waals surface area contributed by atoms with Crippen LogP contribution in [0.5, 0.6) is 11.5 Å². The van der Waals surface area contributed by atoms with E-state index in [9.17, 15) is 9.18 Å². The van der Waals surface area contributed by atoms with Gasteiger partial charge in [-0.2, -0.15) is 5.10 Å². The Morgan fingerprint density at radius 3 is 2.48 bits per heavy atom. The second-order valence-corrected chi connectivity index (χ2v) is 7.59. The van der Waals surface area contributed by atoms with Crippen LogP contribution < -0.4 is 14.9 Å².